The maximum atomic E-state index is 12.2. The van der Waals surface area contributed by atoms with Gasteiger partial charge in [0.05, 0.1) is 25.4 Å². The van der Waals surface area contributed by atoms with E-state index in [0.717, 1.165) is 5.56 Å². The number of anilines is 1. The van der Waals surface area contributed by atoms with E-state index in [1.807, 2.05) is 6.92 Å². The van der Waals surface area contributed by atoms with Crippen molar-refractivity contribution in [3.05, 3.63) is 22.7 Å². The topological polar surface area (TPSA) is 78.9 Å². The number of carbonyl (C=O) groups excluding carboxylic acids is 1. The quantitative estimate of drug-likeness (QED) is 0.839. The molecule has 0 aromatic heterocycles. The number of hydrogen-bond acceptors (Lipinski definition) is 4. The molecule has 0 heterocycles. The monoisotopic (exact) mass is 314 g/mol. The number of benzene rings is 1. The molecule has 7 heteroatoms. The number of amides is 1. The van der Waals surface area contributed by atoms with Crippen molar-refractivity contribution in [1.82, 2.24) is 4.90 Å². The Labute approximate surface area is 128 Å². The zero-order valence-electron chi connectivity index (χ0n) is 12.4. The summed E-state index contributed by atoms with van der Waals surface area (Å²) < 4.78 is 5.18. The third-order valence-corrected chi connectivity index (χ3v) is 3.57. The maximum Gasteiger partial charge on any atom is 0.317 e. The lowest BCUT2D eigenvalue weighted by Gasteiger charge is -2.22. The van der Waals surface area contributed by atoms with Crippen LogP contribution in [0.15, 0.2) is 12.1 Å². The summed E-state index contributed by atoms with van der Waals surface area (Å²) in [6, 6.07) is 2.74. The molecule has 1 aromatic rings. The zero-order valence-corrected chi connectivity index (χ0v) is 13.2. The number of aliphatic carboxylic acids is 1. The minimum atomic E-state index is -0.989. The van der Waals surface area contributed by atoms with E-state index in [0.29, 0.717) is 16.5 Å². The van der Waals surface area contributed by atoms with Gasteiger partial charge in [-0.2, -0.15) is 0 Å². The summed E-state index contributed by atoms with van der Waals surface area (Å²) in [6.45, 7) is 3.23. The van der Waals surface area contributed by atoms with Crippen molar-refractivity contribution >= 4 is 29.2 Å². The first-order chi connectivity index (χ1) is 9.76. The van der Waals surface area contributed by atoms with E-state index in [9.17, 15) is 9.59 Å². The van der Waals surface area contributed by atoms with E-state index < -0.39 is 12.0 Å². The Morgan fingerprint density at radius 2 is 2.10 bits per heavy atom. The zero-order chi connectivity index (χ0) is 16.2. The lowest BCUT2D eigenvalue weighted by atomic mass is 10.2. The van der Waals surface area contributed by atoms with E-state index in [4.69, 9.17) is 21.4 Å². The van der Waals surface area contributed by atoms with Gasteiger partial charge in [-0.15, -0.1) is 0 Å². The number of ether oxygens (including phenoxy) is 1. The maximum absolute atomic E-state index is 12.2. The van der Waals surface area contributed by atoms with Crippen LogP contribution in [0.5, 0.6) is 5.75 Å². The van der Waals surface area contributed by atoms with Gasteiger partial charge in [-0.05, 0) is 32.5 Å². The van der Waals surface area contributed by atoms with Gasteiger partial charge < -0.3 is 15.2 Å². The van der Waals surface area contributed by atoms with Gasteiger partial charge in [0.1, 0.15) is 5.75 Å². The van der Waals surface area contributed by atoms with Gasteiger partial charge in [-0.25, -0.2) is 0 Å². The van der Waals surface area contributed by atoms with Crippen molar-refractivity contribution in [2.45, 2.75) is 19.9 Å². The van der Waals surface area contributed by atoms with Crippen molar-refractivity contribution < 1.29 is 19.4 Å². The molecule has 0 saturated carbocycles. The van der Waals surface area contributed by atoms with Crippen molar-refractivity contribution in [3.8, 4) is 5.75 Å². The smallest absolute Gasteiger partial charge is 0.317 e. The number of carboxylic acids is 1. The molecule has 0 aliphatic carbocycles. The van der Waals surface area contributed by atoms with Crippen LogP contribution in [-0.2, 0) is 9.59 Å². The van der Waals surface area contributed by atoms with Gasteiger partial charge in [0.2, 0.25) is 5.91 Å². The molecule has 0 bridgehead atoms. The fraction of sp³-hybridized carbons (Fsp3) is 0.429. The van der Waals surface area contributed by atoms with Crippen LogP contribution in [0.4, 0.5) is 5.69 Å². The molecule has 1 amide bonds. The van der Waals surface area contributed by atoms with E-state index >= 15 is 0 Å². The summed E-state index contributed by atoms with van der Waals surface area (Å²) in [5.41, 5.74) is 1.30. The van der Waals surface area contributed by atoms with Gasteiger partial charge in [0.25, 0.3) is 0 Å². The molecule has 1 rings (SSSR count). The number of halogens is 1. The molecule has 0 saturated heterocycles. The minimum Gasteiger partial charge on any atom is -0.495 e. The molecule has 0 aliphatic heterocycles. The van der Waals surface area contributed by atoms with Crippen LogP contribution < -0.4 is 10.1 Å². The second kappa shape index (κ2) is 7.28. The number of methoxy groups -OCH3 is 1. The average Bonchev–Trinajstić information content (AvgIpc) is 2.40. The summed E-state index contributed by atoms with van der Waals surface area (Å²) in [4.78, 5) is 24.3. The lowest BCUT2D eigenvalue weighted by molar-refractivity contribution is -0.138. The van der Waals surface area contributed by atoms with Crippen molar-refractivity contribution in [2.75, 3.05) is 26.0 Å². The van der Waals surface area contributed by atoms with Crippen molar-refractivity contribution in [1.29, 1.82) is 0 Å². The first-order valence-corrected chi connectivity index (χ1v) is 6.71. The SMILES string of the molecule is COc1cc(Cl)c(C)cc1NC(=O)C(C)N(C)CC(=O)O. The van der Waals surface area contributed by atoms with Crippen molar-refractivity contribution in [3.63, 3.8) is 0 Å². The summed E-state index contributed by atoms with van der Waals surface area (Å²) in [6.07, 6.45) is 0. The van der Waals surface area contributed by atoms with E-state index in [-0.39, 0.29) is 12.5 Å². The molecule has 0 radical (unpaired) electrons. The first kappa shape index (κ1) is 17.3. The molecule has 1 atom stereocenters. The van der Waals surface area contributed by atoms with E-state index in [1.54, 1.807) is 26.1 Å². The number of likely N-dealkylation sites (N-methyl/N-ethyl adjacent to an activating group) is 1. The third kappa shape index (κ3) is 4.61. The van der Waals surface area contributed by atoms with Crippen LogP contribution >= 0.6 is 11.6 Å². The van der Waals surface area contributed by atoms with Crippen LogP contribution in [0.2, 0.25) is 5.02 Å². The molecule has 116 valence electrons. The Morgan fingerprint density at radius 1 is 1.48 bits per heavy atom. The highest BCUT2D eigenvalue weighted by molar-refractivity contribution is 6.31. The molecular formula is C14H19ClN2O4. The molecule has 21 heavy (non-hydrogen) atoms. The Morgan fingerprint density at radius 3 is 2.62 bits per heavy atom. The Bertz CT molecular complexity index is 548. The van der Waals surface area contributed by atoms with Gasteiger partial charge in [-0.3, -0.25) is 14.5 Å². The molecule has 2 N–H and O–H groups in total. The number of carboxylic acid groups (broad SMARTS) is 1. The van der Waals surface area contributed by atoms with Gasteiger partial charge in [-0.1, -0.05) is 11.6 Å². The highest BCUT2D eigenvalue weighted by Gasteiger charge is 2.21. The highest BCUT2D eigenvalue weighted by Crippen LogP contribution is 2.31. The molecule has 0 aliphatic rings. The Hall–Kier alpha value is -1.79. The van der Waals surface area contributed by atoms with Crippen LogP contribution in [0.25, 0.3) is 0 Å². The van der Waals surface area contributed by atoms with Gasteiger partial charge in [0.15, 0.2) is 0 Å². The summed E-state index contributed by atoms with van der Waals surface area (Å²) in [5.74, 6) is -0.858. The first-order valence-electron chi connectivity index (χ1n) is 6.33. The number of rotatable bonds is 6. The predicted molar refractivity (Wildman–Crippen MR) is 81.1 cm³/mol. The number of aryl methyl sites for hydroxylation is 1. The number of hydrogen-bond donors (Lipinski definition) is 2. The van der Waals surface area contributed by atoms with Gasteiger partial charge >= 0.3 is 5.97 Å². The van der Waals surface area contributed by atoms with E-state index in [2.05, 4.69) is 5.32 Å². The second-order valence-corrected chi connectivity index (χ2v) is 5.18. The lowest BCUT2D eigenvalue weighted by Crippen LogP contribution is -2.42. The summed E-state index contributed by atoms with van der Waals surface area (Å²) in [5, 5.41) is 12.0. The van der Waals surface area contributed by atoms with E-state index in [1.165, 1.54) is 12.0 Å². The molecular weight excluding hydrogens is 296 g/mol. The number of nitrogens with one attached hydrogen (secondary N) is 1. The second-order valence-electron chi connectivity index (χ2n) is 4.78. The number of carbonyl (C=O) groups is 2. The molecule has 6 nitrogen and oxygen atoms in total. The minimum absolute atomic E-state index is 0.217. The Balaban J connectivity index is 2.87. The standard InChI is InChI=1S/C14H19ClN2O4/c1-8-5-11(12(21-4)6-10(8)15)16-14(20)9(2)17(3)7-13(18)19/h5-6,9H,7H2,1-4H3,(H,16,20)(H,18,19). The summed E-state index contributed by atoms with van der Waals surface area (Å²) in [7, 11) is 3.05. The number of nitrogens with zero attached hydrogens (tertiary/aromatic N) is 1. The third-order valence-electron chi connectivity index (χ3n) is 3.16. The highest BCUT2D eigenvalue weighted by atomic mass is 35.5. The Kier molecular flexibility index (Phi) is 5.99. The largest absolute Gasteiger partial charge is 0.495 e. The van der Waals surface area contributed by atoms with Crippen molar-refractivity contribution in [2.24, 2.45) is 0 Å². The fourth-order valence-electron chi connectivity index (χ4n) is 1.72. The normalized spacial score (nSPS) is 12.1. The van der Waals surface area contributed by atoms with Crippen LogP contribution in [0, 0.1) is 6.92 Å². The van der Waals surface area contributed by atoms with Crippen LogP contribution in [0.1, 0.15) is 12.5 Å². The fourth-order valence-corrected chi connectivity index (χ4v) is 1.87. The summed E-state index contributed by atoms with van der Waals surface area (Å²) >= 11 is 6.01. The molecule has 1 unspecified atom stereocenters. The predicted octanol–water partition coefficient (Wildman–Crippen LogP) is 2.00. The molecule has 1 aromatic carbocycles. The average molecular weight is 315 g/mol. The van der Waals surface area contributed by atoms with Gasteiger partial charge in [0, 0.05) is 11.1 Å². The van der Waals surface area contributed by atoms with Crippen LogP contribution in [0.3, 0.4) is 0 Å². The van der Waals surface area contributed by atoms with Crippen LogP contribution in [-0.4, -0.2) is 48.6 Å². The molecule has 0 fully saturated rings. The molecule has 0 spiro atoms.